The summed E-state index contributed by atoms with van der Waals surface area (Å²) in [7, 11) is -2.85. The SMILES string of the molecule is COC(=O)CN(c1ccc(Cl)cc1)S(=O)(=O)c1ccc2nnc(C)n2c1. The number of carbonyl (C=O) groups is 1. The summed E-state index contributed by atoms with van der Waals surface area (Å²) in [5, 5.41) is 8.29. The fraction of sp³-hybridized carbons (Fsp3) is 0.188. The van der Waals surface area contributed by atoms with E-state index in [0.29, 0.717) is 22.2 Å². The van der Waals surface area contributed by atoms with Gasteiger partial charge < -0.3 is 4.74 Å². The zero-order valence-electron chi connectivity index (χ0n) is 14.0. The van der Waals surface area contributed by atoms with Crippen molar-refractivity contribution in [3.63, 3.8) is 0 Å². The summed E-state index contributed by atoms with van der Waals surface area (Å²) >= 11 is 5.87. The highest BCUT2D eigenvalue weighted by Gasteiger charge is 2.28. The number of ether oxygens (including phenoxy) is 1. The average molecular weight is 395 g/mol. The molecule has 0 fully saturated rings. The van der Waals surface area contributed by atoms with Crippen LogP contribution in [0, 0.1) is 6.92 Å². The maximum atomic E-state index is 13.2. The Morgan fingerprint density at radius 2 is 1.88 bits per heavy atom. The number of halogens is 1. The Bertz CT molecular complexity index is 1060. The van der Waals surface area contributed by atoms with Crippen molar-refractivity contribution in [3.8, 4) is 0 Å². The maximum absolute atomic E-state index is 13.2. The third kappa shape index (κ3) is 3.35. The average Bonchev–Trinajstić information content (AvgIpc) is 3.01. The predicted molar refractivity (Wildman–Crippen MR) is 95.7 cm³/mol. The minimum Gasteiger partial charge on any atom is -0.468 e. The van der Waals surface area contributed by atoms with Crippen molar-refractivity contribution in [3.05, 3.63) is 53.4 Å². The molecule has 1 aromatic carbocycles. The molecule has 0 aliphatic rings. The van der Waals surface area contributed by atoms with E-state index >= 15 is 0 Å². The van der Waals surface area contributed by atoms with Crippen LogP contribution in [-0.4, -0.2) is 42.6 Å². The van der Waals surface area contributed by atoms with Crippen LogP contribution >= 0.6 is 11.6 Å². The lowest BCUT2D eigenvalue weighted by Crippen LogP contribution is -2.36. The highest BCUT2D eigenvalue weighted by molar-refractivity contribution is 7.92. The summed E-state index contributed by atoms with van der Waals surface area (Å²) < 4.78 is 33.5. The number of rotatable bonds is 5. The smallest absolute Gasteiger partial charge is 0.326 e. The first-order valence-corrected chi connectivity index (χ1v) is 9.31. The first-order chi connectivity index (χ1) is 12.3. The van der Waals surface area contributed by atoms with E-state index in [1.807, 2.05) is 0 Å². The molecule has 0 aliphatic carbocycles. The third-order valence-corrected chi connectivity index (χ3v) is 5.76. The number of anilines is 1. The fourth-order valence-corrected chi connectivity index (χ4v) is 3.90. The van der Waals surface area contributed by atoms with E-state index in [0.717, 1.165) is 4.31 Å². The molecule has 0 aliphatic heterocycles. The standard InChI is InChI=1S/C16H15ClN4O4S/c1-11-18-19-15-8-7-14(9-20(11)15)26(23,24)21(10-16(22)25-2)13-5-3-12(17)4-6-13/h3-9H,10H2,1-2H3. The van der Waals surface area contributed by atoms with Gasteiger partial charge in [-0.2, -0.15) is 0 Å². The van der Waals surface area contributed by atoms with E-state index < -0.39 is 22.5 Å². The quantitative estimate of drug-likeness (QED) is 0.615. The number of methoxy groups -OCH3 is 1. The normalized spacial score (nSPS) is 11.5. The molecular formula is C16H15ClN4O4S. The van der Waals surface area contributed by atoms with Crippen molar-refractivity contribution < 1.29 is 17.9 Å². The van der Waals surface area contributed by atoms with Crippen molar-refractivity contribution in [2.75, 3.05) is 18.0 Å². The molecule has 2 aromatic heterocycles. The Balaban J connectivity index is 2.11. The number of sulfonamides is 1. The lowest BCUT2D eigenvalue weighted by molar-refractivity contribution is -0.138. The van der Waals surface area contributed by atoms with E-state index in [1.165, 1.54) is 31.5 Å². The number of aryl methyl sites for hydroxylation is 1. The molecule has 0 bridgehead atoms. The zero-order chi connectivity index (χ0) is 18.9. The number of benzene rings is 1. The number of fused-ring (bicyclic) bond motifs is 1. The molecule has 0 atom stereocenters. The molecule has 0 saturated carbocycles. The summed E-state index contributed by atoms with van der Waals surface area (Å²) in [6, 6.07) is 9.09. The lowest BCUT2D eigenvalue weighted by atomic mass is 10.3. The van der Waals surface area contributed by atoms with E-state index in [-0.39, 0.29) is 4.90 Å². The predicted octanol–water partition coefficient (Wildman–Crippen LogP) is 2.06. The van der Waals surface area contributed by atoms with Gasteiger partial charge in [0.05, 0.1) is 12.8 Å². The molecule has 0 radical (unpaired) electrons. The molecule has 0 saturated heterocycles. The largest absolute Gasteiger partial charge is 0.468 e. The Hall–Kier alpha value is -2.65. The minimum absolute atomic E-state index is 0.00764. The molecule has 0 unspecified atom stereocenters. The van der Waals surface area contributed by atoms with Gasteiger partial charge in [0.25, 0.3) is 10.0 Å². The van der Waals surface area contributed by atoms with E-state index in [9.17, 15) is 13.2 Å². The van der Waals surface area contributed by atoms with Crippen LogP contribution in [0.15, 0.2) is 47.5 Å². The van der Waals surface area contributed by atoms with Crippen LogP contribution in [0.4, 0.5) is 5.69 Å². The molecule has 0 spiro atoms. The molecule has 0 N–H and O–H groups in total. The van der Waals surface area contributed by atoms with Crippen LogP contribution < -0.4 is 4.31 Å². The van der Waals surface area contributed by atoms with Crippen LogP contribution in [0.1, 0.15) is 5.82 Å². The maximum Gasteiger partial charge on any atom is 0.326 e. The summed E-state index contributed by atoms with van der Waals surface area (Å²) in [6.45, 7) is 1.24. The molecule has 0 amide bonds. The van der Waals surface area contributed by atoms with Gasteiger partial charge >= 0.3 is 5.97 Å². The Morgan fingerprint density at radius 3 is 2.54 bits per heavy atom. The van der Waals surface area contributed by atoms with Gasteiger partial charge in [-0.3, -0.25) is 13.5 Å². The van der Waals surface area contributed by atoms with Gasteiger partial charge in [0.15, 0.2) is 5.65 Å². The van der Waals surface area contributed by atoms with Gasteiger partial charge in [-0.25, -0.2) is 8.42 Å². The highest BCUT2D eigenvalue weighted by atomic mass is 35.5. The molecule has 2 heterocycles. The zero-order valence-corrected chi connectivity index (χ0v) is 15.5. The van der Waals surface area contributed by atoms with Crippen LogP contribution in [-0.2, 0) is 19.6 Å². The molecule has 8 nitrogen and oxygen atoms in total. The van der Waals surface area contributed by atoms with Crippen LogP contribution in [0.3, 0.4) is 0 Å². The van der Waals surface area contributed by atoms with Gasteiger partial charge in [0.1, 0.15) is 17.3 Å². The highest BCUT2D eigenvalue weighted by Crippen LogP contribution is 2.25. The van der Waals surface area contributed by atoms with E-state index in [2.05, 4.69) is 14.9 Å². The second kappa shape index (κ2) is 6.93. The molecule has 136 valence electrons. The van der Waals surface area contributed by atoms with Crippen LogP contribution in [0.2, 0.25) is 5.02 Å². The summed E-state index contributed by atoms with van der Waals surface area (Å²) in [4.78, 5) is 11.8. The molecule has 26 heavy (non-hydrogen) atoms. The van der Waals surface area contributed by atoms with Crippen molar-refractivity contribution in [1.29, 1.82) is 0 Å². The van der Waals surface area contributed by atoms with Gasteiger partial charge in [0.2, 0.25) is 0 Å². The van der Waals surface area contributed by atoms with Crippen LogP contribution in [0.25, 0.3) is 5.65 Å². The van der Waals surface area contributed by atoms with Gasteiger partial charge in [-0.15, -0.1) is 10.2 Å². The Kier molecular flexibility index (Phi) is 4.84. The van der Waals surface area contributed by atoms with Gasteiger partial charge in [-0.05, 0) is 43.3 Å². The summed E-state index contributed by atoms with van der Waals surface area (Å²) in [6.07, 6.45) is 1.42. The molecule has 10 heteroatoms. The summed E-state index contributed by atoms with van der Waals surface area (Å²) in [5.74, 6) is -0.145. The molecular weight excluding hydrogens is 380 g/mol. The van der Waals surface area contributed by atoms with Gasteiger partial charge in [0, 0.05) is 11.2 Å². The lowest BCUT2D eigenvalue weighted by Gasteiger charge is -2.23. The first kappa shape index (κ1) is 18.2. The third-order valence-electron chi connectivity index (χ3n) is 3.75. The van der Waals surface area contributed by atoms with Gasteiger partial charge in [-0.1, -0.05) is 11.6 Å². The molecule has 3 rings (SSSR count). The second-order valence-corrected chi connectivity index (χ2v) is 7.70. The Morgan fingerprint density at radius 1 is 1.19 bits per heavy atom. The monoisotopic (exact) mass is 394 g/mol. The second-order valence-electron chi connectivity index (χ2n) is 5.40. The van der Waals surface area contributed by atoms with Crippen molar-refractivity contribution in [2.45, 2.75) is 11.8 Å². The Labute approximate surface area is 155 Å². The number of carbonyl (C=O) groups excluding carboxylic acids is 1. The number of aromatic nitrogens is 3. The minimum atomic E-state index is -4.05. The van der Waals surface area contributed by atoms with Crippen molar-refractivity contribution >= 4 is 38.9 Å². The first-order valence-electron chi connectivity index (χ1n) is 7.49. The summed E-state index contributed by atoms with van der Waals surface area (Å²) in [5.41, 5.74) is 0.813. The van der Waals surface area contributed by atoms with Crippen molar-refractivity contribution in [2.24, 2.45) is 0 Å². The number of hydrogen-bond acceptors (Lipinski definition) is 6. The number of nitrogens with zero attached hydrogens (tertiary/aromatic N) is 4. The van der Waals surface area contributed by atoms with Crippen LogP contribution in [0.5, 0.6) is 0 Å². The number of hydrogen-bond donors (Lipinski definition) is 0. The topological polar surface area (TPSA) is 93.9 Å². The molecule has 3 aromatic rings. The van der Waals surface area contributed by atoms with E-state index in [4.69, 9.17) is 11.6 Å². The van der Waals surface area contributed by atoms with Crippen molar-refractivity contribution in [1.82, 2.24) is 14.6 Å². The number of pyridine rings is 1. The van der Waals surface area contributed by atoms with E-state index in [1.54, 1.807) is 29.5 Å². The fourth-order valence-electron chi connectivity index (χ4n) is 2.37. The number of esters is 1.